The summed E-state index contributed by atoms with van der Waals surface area (Å²) in [5.41, 5.74) is 6.29. The highest BCUT2D eigenvalue weighted by Gasteiger charge is 2.09. The van der Waals surface area contributed by atoms with E-state index >= 15 is 0 Å². The van der Waals surface area contributed by atoms with E-state index in [1.165, 1.54) is 18.2 Å². The molecule has 0 saturated heterocycles. The van der Waals surface area contributed by atoms with Crippen molar-refractivity contribution < 1.29 is 9.18 Å². The second-order valence-corrected chi connectivity index (χ2v) is 4.99. The first-order valence-electron chi connectivity index (χ1n) is 5.74. The fourth-order valence-electron chi connectivity index (χ4n) is 1.70. The first-order valence-corrected chi connectivity index (χ1v) is 6.50. The van der Waals surface area contributed by atoms with Crippen LogP contribution in [0.2, 0.25) is 10.0 Å². The highest BCUT2D eigenvalue weighted by Crippen LogP contribution is 2.22. The number of hydrogen-bond donors (Lipinski definition) is 2. The van der Waals surface area contributed by atoms with Gasteiger partial charge in [-0.3, -0.25) is 4.79 Å². The topological polar surface area (TPSA) is 55.1 Å². The smallest absolute Gasteiger partial charge is 0.251 e. The van der Waals surface area contributed by atoms with E-state index in [4.69, 9.17) is 28.9 Å². The maximum absolute atomic E-state index is 13.3. The number of rotatable bonds is 4. The van der Waals surface area contributed by atoms with Gasteiger partial charge in [-0.05, 0) is 42.0 Å². The molecular formula is C14H11Cl2FN2O. The average Bonchev–Trinajstić information content (AvgIpc) is 2.41. The molecule has 1 amide bonds. The van der Waals surface area contributed by atoms with Crippen LogP contribution in [0.5, 0.6) is 0 Å². The van der Waals surface area contributed by atoms with Crippen LogP contribution in [0.25, 0.3) is 0 Å². The lowest BCUT2D eigenvalue weighted by atomic mass is 10.1. The first-order chi connectivity index (χ1) is 9.47. The molecule has 0 fully saturated rings. The molecule has 0 atom stereocenters. The lowest BCUT2D eigenvalue weighted by molar-refractivity contribution is 0.0996. The van der Waals surface area contributed by atoms with Gasteiger partial charge in [-0.25, -0.2) is 4.39 Å². The van der Waals surface area contributed by atoms with Crippen LogP contribution in [0.1, 0.15) is 15.9 Å². The van der Waals surface area contributed by atoms with Gasteiger partial charge in [0, 0.05) is 22.3 Å². The van der Waals surface area contributed by atoms with E-state index in [-0.39, 0.29) is 5.56 Å². The predicted octanol–water partition coefficient (Wildman–Crippen LogP) is 3.84. The zero-order chi connectivity index (χ0) is 14.7. The van der Waals surface area contributed by atoms with Crippen molar-refractivity contribution in [3.05, 3.63) is 63.4 Å². The molecule has 2 rings (SSSR count). The maximum atomic E-state index is 13.3. The Morgan fingerprint density at radius 3 is 2.65 bits per heavy atom. The zero-order valence-electron chi connectivity index (χ0n) is 10.3. The van der Waals surface area contributed by atoms with Crippen molar-refractivity contribution in [2.75, 3.05) is 5.32 Å². The van der Waals surface area contributed by atoms with Crippen LogP contribution in [0.3, 0.4) is 0 Å². The maximum Gasteiger partial charge on any atom is 0.251 e. The second kappa shape index (κ2) is 6.11. The molecule has 2 aromatic carbocycles. The number of nitrogens with two attached hydrogens (primary N) is 1. The molecule has 0 aliphatic carbocycles. The molecule has 0 spiro atoms. The molecule has 0 unspecified atom stereocenters. The van der Waals surface area contributed by atoms with E-state index in [1.807, 2.05) is 0 Å². The lowest BCUT2D eigenvalue weighted by Gasteiger charge is -2.10. The van der Waals surface area contributed by atoms with Gasteiger partial charge in [0.1, 0.15) is 5.82 Å². The third kappa shape index (κ3) is 3.40. The Kier molecular flexibility index (Phi) is 4.47. The number of benzene rings is 2. The van der Waals surface area contributed by atoms with E-state index in [0.29, 0.717) is 22.3 Å². The van der Waals surface area contributed by atoms with Crippen LogP contribution in [0, 0.1) is 5.82 Å². The number of primary amides is 1. The zero-order valence-corrected chi connectivity index (χ0v) is 11.8. The van der Waals surface area contributed by atoms with Crippen LogP contribution < -0.4 is 11.1 Å². The van der Waals surface area contributed by atoms with Gasteiger partial charge >= 0.3 is 0 Å². The third-order valence-corrected chi connectivity index (χ3v) is 3.33. The van der Waals surface area contributed by atoms with Crippen molar-refractivity contribution in [2.24, 2.45) is 5.73 Å². The van der Waals surface area contributed by atoms with E-state index in [0.717, 1.165) is 5.56 Å². The van der Waals surface area contributed by atoms with Gasteiger partial charge in [-0.1, -0.05) is 23.2 Å². The van der Waals surface area contributed by atoms with Crippen molar-refractivity contribution >= 4 is 34.8 Å². The molecule has 2 aromatic rings. The summed E-state index contributed by atoms with van der Waals surface area (Å²) in [5, 5.41) is 4.17. The van der Waals surface area contributed by atoms with E-state index in [9.17, 15) is 9.18 Å². The number of carbonyl (C=O) groups excluding carboxylic acids is 1. The van der Waals surface area contributed by atoms with Gasteiger partial charge < -0.3 is 11.1 Å². The molecule has 0 saturated carbocycles. The normalized spacial score (nSPS) is 10.3. The standard InChI is InChI=1S/C14H11Cl2FN2O/c15-9-1-3-12(16)8(5-9)7-19-10-2-4-13(17)11(6-10)14(18)20/h1-6,19H,7H2,(H2,18,20). The number of amides is 1. The number of hydrogen-bond acceptors (Lipinski definition) is 2. The molecule has 3 nitrogen and oxygen atoms in total. The minimum Gasteiger partial charge on any atom is -0.381 e. The Hall–Kier alpha value is -1.78. The molecule has 104 valence electrons. The van der Waals surface area contributed by atoms with Crippen LogP contribution in [0.4, 0.5) is 10.1 Å². The van der Waals surface area contributed by atoms with Crippen molar-refractivity contribution in [3.8, 4) is 0 Å². The van der Waals surface area contributed by atoms with E-state index in [2.05, 4.69) is 5.32 Å². The Balaban J connectivity index is 2.17. The monoisotopic (exact) mass is 312 g/mol. The Morgan fingerprint density at radius 1 is 1.20 bits per heavy atom. The summed E-state index contributed by atoms with van der Waals surface area (Å²) >= 11 is 11.9. The minimum atomic E-state index is -0.813. The van der Waals surface area contributed by atoms with Gasteiger partial charge in [0.2, 0.25) is 0 Å². The number of nitrogens with one attached hydrogen (secondary N) is 1. The Morgan fingerprint density at radius 2 is 1.95 bits per heavy atom. The molecular weight excluding hydrogens is 302 g/mol. The second-order valence-electron chi connectivity index (χ2n) is 4.15. The van der Waals surface area contributed by atoms with Gasteiger partial charge in [0.15, 0.2) is 0 Å². The number of halogens is 3. The van der Waals surface area contributed by atoms with Gasteiger partial charge in [-0.15, -0.1) is 0 Å². The molecule has 0 aliphatic rings. The largest absolute Gasteiger partial charge is 0.381 e. The fourth-order valence-corrected chi connectivity index (χ4v) is 2.08. The lowest BCUT2D eigenvalue weighted by Crippen LogP contribution is -2.13. The van der Waals surface area contributed by atoms with Crippen molar-refractivity contribution in [2.45, 2.75) is 6.54 Å². The summed E-state index contributed by atoms with van der Waals surface area (Å²) in [4.78, 5) is 11.1. The summed E-state index contributed by atoms with van der Waals surface area (Å²) in [6.07, 6.45) is 0. The third-order valence-electron chi connectivity index (χ3n) is 2.72. The molecule has 0 aromatic heterocycles. The molecule has 20 heavy (non-hydrogen) atoms. The van der Waals surface area contributed by atoms with E-state index < -0.39 is 11.7 Å². The summed E-state index contributed by atoms with van der Waals surface area (Å²) in [5.74, 6) is -1.46. The molecule has 0 bridgehead atoms. The van der Waals surface area contributed by atoms with Crippen molar-refractivity contribution in [1.29, 1.82) is 0 Å². The molecule has 0 aliphatic heterocycles. The SMILES string of the molecule is NC(=O)c1cc(NCc2cc(Cl)ccc2Cl)ccc1F. The minimum absolute atomic E-state index is 0.160. The Bertz CT molecular complexity index is 662. The van der Waals surface area contributed by atoms with Crippen molar-refractivity contribution in [1.82, 2.24) is 0 Å². The highest BCUT2D eigenvalue weighted by atomic mass is 35.5. The molecule has 0 radical (unpaired) electrons. The average molecular weight is 313 g/mol. The van der Waals surface area contributed by atoms with Gasteiger partial charge in [0.25, 0.3) is 5.91 Å². The fraction of sp³-hybridized carbons (Fsp3) is 0.0714. The summed E-state index contributed by atoms with van der Waals surface area (Å²) in [6.45, 7) is 0.392. The molecule has 0 heterocycles. The molecule has 3 N–H and O–H groups in total. The van der Waals surface area contributed by atoms with Crippen LogP contribution in [-0.2, 0) is 6.54 Å². The van der Waals surface area contributed by atoms with Gasteiger partial charge in [-0.2, -0.15) is 0 Å². The predicted molar refractivity (Wildman–Crippen MR) is 78.7 cm³/mol. The quantitative estimate of drug-likeness (QED) is 0.901. The highest BCUT2D eigenvalue weighted by molar-refractivity contribution is 6.33. The van der Waals surface area contributed by atoms with Crippen LogP contribution in [-0.4, -0.2) is 5.91 Å². The Labute approximate surface area is 125 Å². The van der Waals surface area contributed by atoms with E-state index in [1.54, 1.807) is 18.2 Å². The van der Waals surface area contributed by atoms with Crippen LogP contribution in [0.15, 0.2) is 36.4 Å². The summed E-state index contributed by atoms with van der Waals surface area (Å²) in [6, 6.07) is 9.17. The number of carbonyl (C=O) groups is 1. The van der Waals surface area contributed by atoms with Crippen LogP contribution >= 0.6 is 23.2 Å². The summed E-state index contributed by atoms with van der Waals surface area (Å²) < 4.78 is 13.3. The molecule has 6 heteroatoms. The first kappa shape index (κ1) is 14.6. The van der Waals surface area contributed by atoms with Crippen molar-refractivity contribution in [3.63, 3.8) is 0 Å². The number of anilines is 1. The summed E-state index contributed by atoms with van der Waals surface area (Å²) in [7, 11) is 0. The van der Waals surface area contributed by atoms with Gasteiger partial charge in [0.05, 0.1) is 5.56 Å².